The van der Waals surface area contributed by atoms with E-state index in [-0.39, 0.29) is 17.3 Å². The minimum Gasteiger partial charge on any atom is -0.364 e. The first-order valence-corrected chi connectivity index (χ1v) is 7.82. The molecule has 0 aliphatic heterocycles. The third kappa shape index (κ3) is 2.18. The Kier molecular flexibility index (Phi) is 3.33. The average molecular weight is 327 g/mol. The van der Waals surface area contributed by atoms with Gasteiger partial charge >= 0.3 is 0 Å². The third-order valence-electron chi connectivity index (χ3n) is 4.62. The summed E-state index contributed by atoms with van der Waals surface area (Å²) in [5.41, 5.74) is 7.02. The van der Waals surface area contributed by atoms with Gasteiger partial charge in [-0.1, -0.05) is 18.2 Å². The highest BCUT2D eigenvalue weighted by molar-refractivity contribution is 6.05. The minimum atomic E-state index is -0.913. The third-order valence-corrected chi connectivity index (χ3v) is 4.62. The Balaban J connectivity index is 1.92. The molecular formula is C18H15F2N3O. The van der Waals surface area contributed by atoms with Crippen LogP contribution in [-0.4, -0.2) is 15.7 Å². The van der Waals surface area contributed by atoms with E-state index >= 15 is 0 Å². The Morgan fingerprint density at radius 2 is 2.00 bits per heavy atom. The van der Waals surface area contributed by atoms with Gasteiger partial charge in [-0.15, -0.1) is 0 Å². The summed E-state index contributed by atoms with van der Waals surface area (Å²) in [6, 6.07) is 9.42. The van der Waals surface area contributed by atoms with E-state index in [0.29, 0.717) is 10.9 Å². The van der Waals surface area contributed by atoms with Gasteiger partial charge in [0.05, 0.1) is 11.6 Å². The minimum absolute atomic E-state index is 0.142. The van der Waals surface area contributed by atoms with Crippen molar-refractivity contribution in [1.29, 1.82) is 0 Å². The topological polar surface area (TPSA) is 60.9 Å². The molecule has 2 N–H and O–H groups in total. The first-order chi connectivity index (χ1) is 11.6. The summed E-state index contributed by atoms with van der Waals surface area (Å²) in [5, 5.41) is 4.93. The highest BCUT2D eigenvalue weighted by Gasteiger charge is 2.25. The van der Waals surface area contributed by atoms with E-state index in [2.05, 4.69) is 5.10 Å². The zero-order chi connectivity index (χ0) is 16.8. The number of hydrogen-bond donors (Lipinski definition) is 1. The van der Waals surface area contributed by atoms with Crippen LogP contribution in [-0.2, 0) is 0 Å². The number of fused-ring (bicyclic) bond motifs is 1. The van der Waals surface area contributed by atoms with Crippen molar-refractivity contribution in [3.8, 4) is 11.1 Å². The van der Waals surface area contributed by atoms with Crippen LogP contribution in [0, 0.1) is 11.6 Å². The Bertz CT molecular complexity index is 960. The fraction of sp³-hybridized carbons (Fsp3) is 0.222. The predicted molar refractivity (Wildman–Crippen MR) is 86.5 cm³/mol. The van der Waals surface area contributed by atoms with Crippen molar-refractivity contribution in [2.24, 2.45) is 5.73 Å². The first kappa shape index (κ1) is 14.8. The van der Waals surface area contributed by atoms with Crippen molar-refractivity contribution in [3.05, 3.63) is 53.7 Å². The first-order valence-electron chi connectivity index (χ1n) is 7.82. The van der Waals surface area contributed by atoms with Crippen LogP contribution < -0.4 is 5.73 Å². The molecule has 1 aromatic heterocycles. The molecule has 6 heteroatoms. The molecule has 0 saturated heterocycles. The van der Waals surface area contributed by atoms with Crippen LogP contribution in [0.2, 0.25) is 0 Å². The zero-order valence-corrected chi connectivity index (χ0v) is 12.8. The van der Waals surface area contributed by atoms with Gasteiger partial charge in [0.1, 0.15) is 0 Å². The fourth-order valence-electron chi connectivity index (χ4n) is 3.13. The largest absolute Gasteiger partial charge is 0.364 e. The SMILES string of the molecule is NC(=O)c1nn(C2CCC2)c2ccc(-c3cccc(F)c3F)cc12. The van der Waals surface area contributed by atoms with Gasteiger partial charge in [0.2, 0.25) is 0 Å². The van der Waals surface area contributed by atoms with Gasteiger partial charge < -0.3 is 5.73 Å². The Labute approximate surface area is 136 Å². The molecule has 3 aromatic rings. The lowest BCUT2D eigenvalue weighted by atomic mass is 9.93. The Morgan fingerprint density at radius 3 is 2.67 bits per heavy atom. The number of aromatic nitrogens is 2. The number of rotatable bonds is 3. The van der Waals surface area contributed by atoms with E-state index in [4.69, 9.17) is 5.73 Å². The van der Waals surface area contributed by atoms with Crippen molar-refractivity contribution in [2.75, 3.05) is 0 Å². The quantitative estimate of drug-likeness (QED) is 0.795. The number of halogens is 2. The Hall–Kier alpha value is -2.76. The molecule has 0 bridgehead atoms. The lowest BCUT2D eigenvalue weighted by Gasteiger charge is -2.26. The summed E-state index contributed by atoms with van der Waals surface area (Å²) < 4.78 is 29.4. The van der Waals surface area contributed by atoms with Gasteiger partial charge in [-0.05, 0) is 43.0 Å². The molecule has 24 heavy (non-hydrogen) atoms. The van der Waals surface area contributed by atoms with E-state index < -0.39 is 17.5 Å². The van der Waals surface area contributed by atoms with Crippen LogP contribution in [0.4, 0.5) is 8.78 Å². The molecule has 1 aliphatic rings. The number of nitrogens with zero attached hydrogens (tertiary/aromatic N) is 2. The molecule has 1 fully saturated rings. The lowest BCUT2D eigenvalue weighted by Crippen LogP contribution is -2.19. The number of carbonyl (C=O) groups excluding carboxylic acids is 1. The van der Waals surface area contributed by atoms with Gasteiger partial charge in [-0.3, -0.25) is 9.48 Å². The van der Waals surface area contributed by atoms with E-state index in [1.807, 2.05) is 4.68 Å². The summed E-state index contributed by atoms with van der Waals surface area (Å²) in [5.74, 6) is -2.45. The number of amides is 1. The summed E-state index contributed by atoms with van der Waals surface area (Å²) >= 11 is 0. The summed E-state index contributed by atoms with van der Waals surface area (Å²) in [6.45, 7) is 0. The number of benzene rings is 2. The van der Waals surface area contributed by atoms with E-state index in [1.165, 1.54) is 12.1 Å². The van der Waals surface area contributed by atoms with Gasteiger partial charge in [0.25, 0.3) is 5.91 Å². The van der Waals surface area contributed by atoms with Crippen LogP contribution in [0.15, 0.2) is 36.4 Å². The van der Waals surface area contributed by atoms with Crippen molar-refractivity contribution >= 4 is 16.8 Å². The van der Waals surface area contributed by atoms with Crippen LogP contribution in [0.3, 0.4) is 0 Å². The summed E-state index contributed by atoms with van der Waals surface area (Å²) in [6.07, 6.45) is 3.15. The number of nitrogens with two attached hydrogens (primary N) is 1. The number of carbonyl (C=O) groups is 1. The second-order valence-electron chi connectivity index (χ2n) is 6.08. The molecule has 2 aromatic carbocycles. The maximum atomic E-state index is 14.1. The molecule has 1 heterocycles. The van der Waals surface area contributed by atoms with Gasteiger partial charge in [-0.25, -0.2) is 8.78 Å². The standard InChI is InChI=1S/C18H15F2N3O/c19-14-6-2-5-12(16(14)20)10-7-8-15-13(9-10)17(18(21)24)22-23(15)11-3-1-4-11/h2,5-9,11H,1,3-4H2,(H2,21,24). The molecule has 0 spiro atoms. The molecule has 1 aliphatic carbocycles. The average Bonchev–Trinajstić information content (AvgIpc) is 2.87. The smallest absolute Gasteiger partial charge is 0.269 e. The van der Waals surface area contributed by atoms with Gasteiger partial charge in [-0.2, -0.15) is 5.10 Å². The number of primary amides is 1. The maximum Gasteiger partial charge on any atom is 0.269 e. The molecule has 4 nitrogen and oxygen atoms in total. The van der Waals surface area contributed by atoms with E-state index in [9.17, 15) is 13.6 Å². The molecule has 0 atom stereocenters. The van der Waals surface area contributed by atoms with Crippen LogP contribution >= 0.6 is 0 Å². The van der Waals surface area contributed by atoms with Crippen LogP contribution in [0.5, 0.6) is 0 Å². The monoisotopic (exact) mass is 327 g/mol. The summed E-state index contributed by atoms with van der Waals surface area (Å²) in [4.78, 5) is 11.7. The molecular weight excluding hydrogens is 312 g/mol. The highest BCUT2D eigenvalue weighted by Crippen LogP contribution is 2.36. The molecule has 1 amide bonds. The van der Waals surface area contributed by atoms with Crippen molar-refractivity contribution in [1.82, 2.24) is 9.78 Å². The Morgan fingerprint density at radius 1 is 1.21 bits per heavy atom. The van der Waals surface area contributed by atoms with Gasteiger partial charge in [0, 0.05) is 10.9 Å². The molecule has 122 valence electrons. The number of hydrogen-bond acceptors (Lipinski definition) is 2. The summed E-state index contributed by atoms with van der Waals surface area (Å²) in [7, 11) is 0. The lowest BCUT2D eigenvalue weighted by molar-refractivity contribution is 0.0995. The van der Waals surface area contributed by atoms with Crippen molar-refractivity contribution in [2.45, 2.75) is 25.3 Å². The molecule has 1 saturated carbocycles. The highest BCUT2D eigenvalue weighted by atomic mass is 19.2. The van der Waals surface area contributed by atoms with E-state index in [0.717, 1.165) is 30.8 Å². The zero-order valence-electron chi connectivity index (χ0n) is 12.8. The van der Waals surface area contributed by atoms with Crippen molar-refractivity contribution in [3.63, 3.8) is 0 Å². The van der Waals surface area contributed by atoms with Crippen molar-refractivity contribution < 1.29 is 13.6 Å². The second kappa shape index (κ2) is 5.40. The normalized spacial score (nSPS) is 14.8. The fourth-order valence-corrected chi connectivity index (χ4v) is 3.13. The van der Waals surface area contributed by atoms with E-state index in [1.54, 1.807) is 18.2 Å². The van der Waals surface area contributed by atoms with Crippen LogP contribution in [0.1, 0.15) is 35.8 Å². The maximum absolute atomic E-state index is 14.1. The predicted octanol–water partition coefficient (Wildman–Crippen LogP) is 3.81. The molecule has 0 radical (unpaired) electrons. The van der Waals surface area contributed by atoms with Gasteiger partial charge in [0.15, 0.2) is 17.3 Å². The van der Waals surface area contributed by atoms with Crippen LogP contribution in [0.25, 0.3) is 22.0 Å². The molecule has 0 unspecified atom stereocenters. The molecule has 4 rings (SSSR count). The second-order valence-corrected chi connectivity index (χ2v) is 6.08.